The Labute approximate surface area is 310 Å². The number of rotatable bonds is 11. The highest BCUT2D eigenvalue weighted by Gasteiger charge is 2.39. The predicted octanol–water partition coefficient (Wildman–Crippen LogP) is 6.35. The van der Waals surface area contributed by atoms with Crippen molar-refractivity contribution in [2.45, 2.75) is 77.5 Å². The molecule has 0 spiro atoms. The van der Waals surface area contributed by atoms with E-state index in [0.717, 1.165) is 68.2 Å². The molecule has 278 valence electrons. The maximum Gasteiger partial charge on any atom is 0.407 e. The van der Waals surface area contributed by atoms with Gasteiger partial charge in [0.25, 0.3) is 0 Å². The summed E-state index contributed by atoms with van der Waals surface area (Å²) in [5, 5.41) is 5.39. The average Bonchev–Trinajstić information content (AvgIpc) is 3.98. The SMILES string of the molecule is COC(=O)NC(C(=O)N1CCC[C@H]1c1ncc(-c2ccc(-c3ccc(-c4cnc([C@@H]5CCCN5C(=O)[C@@H](NC(=O)OC)C(C)C)[nH]4)s3)s2)[nH]1)C(C)C. The van der Waals surface area contributed by atoms with Crippen LogP contribution in [0.25, 0.3) is 30.9 Å². The summed E-state index contributed by atoms with van der Waals surface area (Å²) in [5.41, 5.74) is 1.76. The molecule has 4 amide bonds. The number of nitrogens with one attached hydrogen (secondary N) is 4. The second-order valence-electron chi connectivity index (χ2n) is 13.8. The first-order valence-corrected chi connectivity index (χ1v) is 19.2. The summed E-state index contributed by atoms with van der Waals surface area (Å²) in [7, 11) is 2.58. The third-order valence-electron chi connectivity index (χ3n) is 9.66. The fourth-order valence-corrected chi connectivity index (χ4v) is 8.91. The lowest BCUT2D eigenvalue weighted by Crippen LogP contribution is -2.51. The van der Waals surface area contributed by atoms with Gasteiger partial charge in [0.1, 0.15) is 23.7 Å². The number of H-pyrrole nitrogens is 2. The molecule has 16 heteroatoms. The quantitative estimate of drug-likeness (QED) is 0.137. The number of aromatic nitrogens is 4. The fourth-order valence-electron chi connectivity index (χ4n) is 6.88. The Hall–Kier alpha value is -4.70. The van der Waals surface area contributed by atoms with Gasteiger partial charge in [-0.1, -0.05) is 27.7 Å². The third kappa shape index (κ3) is 7.72. The molecule has 0 saturated carbocycles. The molecule has 14 nitrogen and oxygen atoms in total. The van der Waals surface area contributed by atoms with Crippen LogP contribution in [0.5, 0.6) is 0 Å². The molecular weight excluding hydrogens is 705 g/mol. The smallest absolute Gasteiger partial charge is 0.407 e. The van der Waals surface area contributed by atoms with E-state index in [1.54, 1.807) is 22.7 Å². The summed E-state index contributed by atoms with van der Waals surface area (Å²) in [6, 6.07) is 6.55. The van der Waals surface area contributed by atoms with E-state index in [1.165, 1.54) is 14.2 Å². The molecule has 52 heavy (non-hydrogen) atoms. The van der Waals surface area contributed by atoms with Crippen molar-refractivity contribution < 1.29 is 28.7 Å². The zero-order chi connectivity index (χ0) is 37.1. The van der Waals surface area contributed by atoms with Crippen molar-refractivity contribution in [3.63, 3.8) is 0 Å². The van der Waals surface area contributed by atoms with Crippen LogP contribution in [0.15, 0.2) is 36.7 Å². The van der Waals surface area contributed by atoms with Crippen molar-refractivity contribution in [3.05, 3.63) is 48.3 Å². The standard InChI is InChI=1S/C36H46N8O6S2/c1-19(2)29(41-35(47)49-5)33(45)43-15-7-9-23(43)31-37-17-21(39-31)25-11-13-27(51-25)28-14-12-26(52-28)22-18-38-32(40-22)24-10-8-16-44(24)34(46)30(20(3)4)42-36(48)50-6/h11-14,17-20,23-24,29-30H,7-10,15-16H2,1-6H3,(H,37,39)(H,38,40)(H,41,47)(H,42,48)/t23-,24-,29-,30?/m0/s1. The van der Waals surface area contributed by atoms with Crippen molar-refractivity contribution in [2.75, 3.05) is 27.3 Å². The summed E-state index contributed by atoms with van der Waals surface area (Å²) >= 11 is 3.31. The number of carbonyl (C=O) groups is 4. The largest absolute Gasteiger partial charge is 0.453 e. The number of hydrogen-bond acceptors (Lipinski definition) is 10. The highest BCUT2D eigenvalue weighted by atomic mass is 32.1. The molecule has 4 aromatic rings. The van der Waals surface area contributed by atoms with Crippen molar-refractivity contribution in [1.82, 2.24) is 40.4 Å². The number of thiophene rings is 2. The lowest BCUT2D eigenvalue weighted by molar-refractivity contribution is -0.136. The molecule has 4 N–H and O–H groups in total. The Bertz CT molecular complexity index is 1760. The highest BCUT2D eigenvalue weighted by molar-refractivity contribution is 7.25. The molecule has 2 aliphatic rings. The maximum atomic E-state index is 13.5. The van der Waals surface area contributed by atoms with Gasteiger partial charge in [0.15, 0.2) is 0 Å². The Balaban J connectivity index is 1.13. The Kier molecular flexibility index (Phi) is 11.3. The number of aromatic amines is 2. The van der Waals surface area contributed by atoms with Gasteiger partial charge in [-0.05, 0) is 61.8 Å². The molecule has 4 aromatic heterocycles. The van der Waals surface area contributed by atoms with Crippen LogP contribution in [0, 0.1) is 11.8 Å². The molecule has 2 fully saturated rings. The van der Waals surface area contributed by atoms with Crippen LogP contribution in [0.4, 0.5) is 9.59 Å². The molecule has 0 aliphatic carbocycles. The topological polar surface area (TPSA) is 175 Å². The minimum absolute atomic E-state index is 0.105. The van der Waals surface area contributed by atoms with E-state index in [0.29, 0.717) is 13.1 Å². The Morgan fingerprint density at radius 1 is 0.692 bits per heavy atom. The summed E-state index contributed by atoms with van der Waals surface area (Å²) in [4.78, 5) is 75.2. The number of imidazole rings is 2. The van der Waals surface area contributed by atoms with Gasteiger partial charge < -0.3 is 39.9 Å². The maximum absolute atomic E-state index is 13.5. The van der Waals surface area contributed by atoms with Crippen LogP contribution in [0.2, 0.25) is 0 Å². The minimum Gasteiger partial charge on any atom is -0.453 e. The zero-order valence-corrected chi connectivity index (χ0v) is 31.9. The van der Waals surface area contributed by atoms with Crippen LogP contribution in [0.1, 0.15) is 77.1 Å². The van der Waals surface area contributed by atoms with Gasteiger partial charge >= 0.3 is 12.2 Å². The van der Waals surface area contributed by atoms with E-state index in [4.69, 9.17) is 9.47 Å². The number of likely N-dealkylation sites (tertiary alicyclic amines) is 2. The highest BCUT2D eigenvalue weighted by Crippen LogP contribution is 2.41. The van der Waals surface area contributed by atoms with Gasteiger partial charge in [-0.2, -0.15) is 0 Å². The summed E-state index contributed by atoms with van der Waals surface area (Å²) in [6.07, 6.45) is 5.64. The summed E-state index contributed by atoms with van der Waals surface area (Å²) in [5.74, 6) is 0.968. The normalized spacial score (nSPS) is 18.5. The number of amides is 4. The van der Waals surface area contributed by atoms with Crippen LogP contribution in [0.3, 0.4) is 0 Å². The molecular formula is C36H46N8O6S2. The number of alkyl carbamates (subject to hydrolysis) is 2. The Morgan fingerprint density at radius 2 is 1.08 bits per heavy atom. The van der Waals surface area contributed by atoms with E-state index in [9.17, 15) is 19.2 Å². The molecule has 2 aliphatic heterocycles. The first-order valence-electron chi connectivity index (χ1n) is 17.6. The monoisotopic (exact) mass is 750 g/mol. The van der Waals surface area contributed by atoms with E-state index < -0.39 is 24.3 Å². The number of ether oxygens (including phenoxy) is 2. The van der Waals surface area contributed by atoms with Gasteiger partial charge in [-0.25, -0.2) is 19.6 Å². The summed E-state index contributed by atoms with van der Waals surface area (Å²) in [6.45, 7) is 8.79. The number of hydrogen-bond donors (Lipinski definition) is 4. The van der Waals surface area contributed by atoms with Crippen LogP contribution < -0.4 is 10.6 Å². The van der Waals surface area contributed by atoms with Crippen LogP contribution in [-0.2, 0) is 19.1 Å². The molecule has 1 unspecified atom stereocenters. The third-order valence-corrected chi connectivity index (χ3v) is 12.1. The van der Waals surface area contributed by atoms with Gasteiger partial charge in [0.05, 0.1) is 59.8 Å². The zero-order valence-electron chi connectivity index (χ0n) is 30.2. The van der Waals surface area contributed by atoms with E-state index in [2.05, 4.69) is 54.8 Å². The molecule has 0 aromatic carbocycles. The van der Waals surface area contributed by atoms with Crippen molar-refractivity contribution >= 4 is 46.7 Å². The second kappa shape index (κ2) is 15.9. The molecule has 6 heterocycles. The lowest BCUT2D eigenvalue weighted by atomic mass is 10.0. The number of methoxy groups -OCH3 is 2. The molecule has 2 saturated heterocycles. The second-order valence-corrected chi connectivity index (χ2v) is 16.0. The van der Waals surface area contributed by atoms with Crippen LogP contribution >= 0.6 is 22.7 Å². The number of carbonyl (C=O) groups excluding carboxylic acids is 4. The van der Waals surface area contributed by atoms with Gasteiger partial charge in [-0.3, -0.25) is 9.59 Å². The van der Waals surface area contributed by atoms with E-state index in [1.807, 2.05) is 49.9 Å². The summed E-state index contributed by atoms with van der Waals surface area (Å²) < 4.78 is 9.51. The molecule has 0 radical (unpaired) electrons. The minimum atomic E-state index is -0.688. The van der Waals surface area contributed by atoms with Crippen LogP contribution in [-0.4, -0.2) is 93.1 Å². The first kappa shape index (κ1) is 37.1. The number of nitrogens with zero attached hydrogens (tertiary/aromatic N) is 4. The molecule has 6 rings (SSSR count). The Morgan fingerprint density at radius 3 is 1.44 bits per heavy atom. The van der Waals surface area contributed by atoms with Gasteiger partial charge in [0, 0.05) is 22.8 Å². The van der Waals surface area contributed by atoms with Gasteiger partial charge in [0.2, 0.25) is 11.8 Å². The first-order chi connectivity index (χ1) is 25.0. The van der Waals surface area contributed by atoms with Crippen molar-refractivity contribution in [2.24, 2.45) is 11.8 Å². The van der Waals surface area contributed by atoms with Gasteiger partial charge in [-0.15, -0.1) is 22.7 Å². The van der Waals surface area contributed by atoms with Crippen molar-refractivity contribution in [1.29, 1.82) is 0 Å². The lowest BCUT2D eigenvalue weighted by Gasteiger charge is -2.30. The fraction of sp³-hybridized carbons (Fsp3) is 0.500. The van der Waals surface area contributed by atoms with E-state index in [-0.39, 0.29) is 35.7 Å². The molecule has 4 atom stereocenters. The average molecular weight is 751 g/mol. The van der Waals surface area contributed by atoms with Crippen molar-refractivity contribution in [3.8, 4) is 30.9 Å². The predicted molar refractivity (Wildman–Crippen MR) is 199 cm³/mol. The van der Waals surface area contributed by atoms with E-state index >= 15 is 0 Å². The molecule has 0 bridgehead atoms.